The van der Waals surface area contributed by atoms with Gasteiger partial charge in [0.1, 0.15) is 0 Å². The van der Waals surface area contributed by atoms with Gasteiger partial charge in [0.2, 0.25) is 0 Å². The van der Waals surface area contributed by atoms with Crippen LogP contribution < -0.4 is 4.90 Å². The molecule has 0 bridgehead atoms. The van der Waals surface area contributed by atoms with Crippen LogP contribution >= 0.6 is 0 Å². The third-order valence-electron chi connectivity index (χ3n) is 8.19. The molecular weight excluding hydrogens is 494 g/mol. The van der Waals surface area contributed by atoms with E-state index in [9.17, 15) is 0 Å². The molecule has 0 atom stereocenters. The summed E-state index contributed by atoms with van der Waals surface area (Å²) in [4.78, 5) is 2.41. The first-order valence-corrected chi connectivity index (χ1v) is 14.1. The van der Waals surface area contributed by atoms with Crippen molar-refractivity contribution in [2.45, 2.75) is 0 Å². The monoisotopic (exact) mass is 521 g/mol. The van der Waals surface area contributed by atoms with Gasteiger partial charge in [-0.05, 0) is 85.2 Å². The zero-order valence-corrected chi connectivity index (χ0v) is 22.5. The van der Waals surface area contributed by atoms with Gasteiger partial charge in [0, 0.05) is 16.8 Å². The Hall–Kier alpha value is -5.40. The number of rotatable bonds is 4. The highest BCUT2D eigenvalue weighted by Crippen LogP contribution is 2.43. The molecule has 0 aliphatic carbocycles. The highest BCUT2D eigenvalue weighted by molar-refractivity contribution is 6.14. The molecule has 192 valence electrons. The van der Waals surface area contributed by atoms with E-state index in [-0.39, 0.29) is 0 Å². The van der Waals surface area contributed by atoms with Gasteiger partial charge in [-0.2, -0.15) is 0 Å². The van der Waals surface area contributed by atoms with Crippen LogP contribution in [0.5, 0.6) is 0 Å². The van der Waals surface area contributed by atoms with Crippen LogP contribution in [-0.2, 0) is 0 Å². The molecule has 8 aromatic carbocycles. The molecule has 8 aromatic rings. The predicted molar refractivity (Wildman–Crippen MR) is 177 cm³/mol. The van der Waals surface area contributed by atoms with E-state index in [0.29, 0.717) is 0 Å². The molecule has 0 aromatic heterocycles. The topological polar surface area (TPSA) is 3.24 Å². The van der Waals surface area contributed by atoms with Gasteiger partial charge in [0.05, 0.1) is 5.69 Å². The molecule has 0 aliphatic rings. The van der Waals surface area contributed by atoms with Gasteiger partial charge in [-0.15, -0.1) is 0 Å². The molecule has 41 heavy (non-hydrogen) atoms. The van der Waals surface area contributed by atoms with Crippen molar-refractivity contribution in [2.75, 3.05) is 4.90 Å². The number of benzene rings is 8. The summed E-state index contributed by atoms with van der Waals surface area (Å²) in [6.45, 7) is 0. The third-order valence-corrected chi connectivity index (χ3v) is 8.19. The Morgan fingerprint density at radius 1 is 0.293 bits per heavy atom. The fourth-order valence-electron chi connectivity index (χ4n) is 6.13. The van der Waals surface area contributed by atoms with Gasteiger partial charge in [0.15, 0.2) is 0 Å². The Morgan fingerprint density at radius 3 is 1.54 bits per heavy atom. The lowest BCUT2D eigenvalue weighted by atomic mass is 9.98. The summed E-state index contributed by atoms with van der Waals surface area (Å²) in [6.07, 6.45) is 0. The molecule has 0 saturated heterocycles. The van der Waals surface area contributed by atoms with Crippen molar-refractivity contribution in [3.05, 3.63) is 164 Å². The molecule has 0 N–H and O–H groups in total. The van der Waals surface area contributed by atoms with Gasteiger partial charge < -0.3 is 4.90 Å². The lowest BCUT2D eigenvalue weighted by Gasteiger charge is -2.28. The van der Waals surface area contributed by atoms with Crippen LogP contribution in [0.3, 0.4) is 0 Å². The highest BCUT2D eigenvalue weighted by Gasteiger charge is 2.18. The van der Waals surface area contributed by atoms with Crippen LogP contribution in [-0.4, -0.2) is 0 Å². The summed E-state index contributed by atoms with van der Waals surface area (Å²) < 4.78 is 0. The van der Waals surface area contributed by atoms with E-state index in [1.54, 1.807) is 0 Å². The van der Waals surface area contributed by atoms with Crippen molar-refractivity contribution in [2.24, 2.45) is 0 Å². The molecule has 0 amide bonds. The standard InChI is InChI=1S/C40H27N/c1-3-11-31-25-33(18-17-28(31)9-1)30-19-22-35(23-20-30)41(36-24-21-29-10-2-4-12-32(29)26-36)40-27-34-13-5-6-14-37(34)38-15-7-8-16-39(38)40/h1-27H. The summed E-state index contributed by atoms with van der Waals surface area (Å²) in [5.41, 5.74) is 5.88. The van der Waals surface area contributed by atoms with Gasteiger partial charge in [0.25, 0.3) is 0 Å². The highest BCUT2D eigenvalue weighted by atomic mass is 15.1. The van der Waals surface area contributed by atoms with Gasteiger partial charge in [-0.1, -0.05) is 127 Å². The molecule has 0 fully saturated rings. The zero-order chi connectivity index (χ0) is 27.2. The molecule has 0 heterocycles. The molecule has 1 nitrogen and oxygen atoms in total. The fourth-order valence-corrected chi connectivity index (χ4v) is 6.13. The normalized spacial score (nSPS) is 11.4. The summed E-state index contributed by atoms with van der Waals surface area (Å²) in [5, 5.41) is 10.0. The van der Waals surface area contributed by atoms with Crippen molar-refractivity contribution in [1.29, 1.82) is 0 Å². The largest absolute Gasteiger partial charge is 0.310 e. The van der Waals surface area contributed by atoms with Crippen molar-refractivity contribution in [1.82, 2.24) is 0 Å². The predicted octanol–water partition coefficient (Wildman–Crippen LogP) is 11.4. The maximum absolute atomic E-state index is 2.41. The van der Waals surface area contributed by atoms with Crippen LogP contribution in [0.2, 0.25) is 0 Å². The van der Waals surface area contributed by atoms with Crippen LogP contribution in [0.25, 0.3) is 54.2 Å². The quantitative estimate of drug-likeness (QED) is 0.208. The minimum atomic E-state index is 1.13. The Kier molecular flexibility index (Phi) is 5.53. The summed E-state index contributed by atoms with van der Waals surface area (Å²) in [6, 6.07) is 59.4. The molecule has 8 rings (SSSR count). The van der Waals surface area contributed by atoms with Crippen molar-refractivity contribution in [3.63, 3.8) is 0 Å². The second-order valence-electron chi connectivity index (χ2n) is 10.6. The molecule has 0 saturated carbocycles. The molecule has 1 heteroatoms. The van der Waals surface area contributed by atoms with E-state index >= 15 is 0 Å². The zero-order valence-electron chi connectivity index (χ0n) is 22.5. The van der Waals surface area contributed by atoms with E-state index in [1.807, 2.05) is 0 Å². The van der Waals surface area contributed by atoms with Crippen molar-refractivity contribution in [3.8, 4) is 11.1 Å². The van der Waals surface area contributed by atoms with Crippen molar-refractivity contribution < 1.29 is 0 Å². The molecule has 0 spiro atoms. The summed E-state index contributed by atoms with van der Waals surface area (Å²) in [5.74, 6) is 0. The number of hydrogen-bond acceptors (Lipinski definition) is 1. The van der Waals surface area contributed by atoms with Crippen LogP contribution in [0, 0.1) is 0 Å². The second kappa shape index (κ2) is 9.66. The molecule has 0 radical (unpaired) electrons. The minimum Gasteiger partial charge on any atom is -0.310 e. The van der Waals surface area contributed by atoms with Gasteiger partial charge >= 0.3 is 0 Å². The van der Waals surface area contributed by atoms with Crippen LogP contribution in [0.15, 0.2) is 164 Å². The number of nitrogens with zero attached hydrogens (tertiary/aromatic N) is 1. The first-order chi connectivity index (χ1) is 20.3. The smallest absolute Gasteiger partial charge is 0.0546 e. The second-order valence-corrected chi connectivity index (χ2v) is 10.6. The van der Waals surface area contributed by atoms with E-state index in [0.717, 1.165) is 11.4 Å². The Labute approximate surface area is 239 Å². The number of fused-ring (bicyclic) bond motifs is 5. The number of hydrogen-bond donors (Lipinski definition) is 0. The maximum atomic E-state index is 2.41. The van der Waals surface area contributed by atoms with Gasteiger partial charge in [-0.3, -0.25) is 0 Å². The molecule has 0 unspecified atom stereocenters. The summed E-state index contributed by atoms with van der Waals surface area (Å²) >= 11 is 0. The van der Waals surface area contributed by atoms with Crippen LogP contribution in [0.4, 0.5) is 17.1 Å². The minimum absolute atomic E-state index is 1.13. The molecular formula is C40H27N. The average Bonchev–Trinajstić information content (AvgIpc) is 3.05. The van der Waals surface area contributed by atoms with E-state index in [4.69, 9.17) is 0 Å². The van der Waals surface area contributed by atoms with E-state index < -0.39 is 0 Å². The number of anilines is 3. The first-order valence-electron chi connectivity index (χ1n) is 14.1. The van der Waals surface area contributed by atoms with E-state index in [1.165, 1.54) is 59.9 Å². The SMILES string of the molecule is c1ccc2cc(-c3ccc(N(c4ccc5ccccc5c4)c4cc5ccccc5c5ccccc45)cc3)ccc2c1. The Balaban J connectivity index is 1.33. The lowest BCUT2D eigenvalue weighted by molar-refractivity contribution is 1.31. The van der Waals surface area contributed by atoms with Gasteiger partial charge in [-0.25, -0.2) is 0 Å². The van der Waals surface area contributed by atoms with E-state index in [2.05, 4.69) is 169 Å². The summed E-state index contributed by atoms with van der Waals surface area (Å²) in [7, 11) is 0. The molecule has 0 aliphatic heterocycles. The Bertz CT molecular complexity index is 2210. The van der Waals surface area contributed by atoms with Crippen molar-refractivity contribution >= 4 is 60.2 Å². The maximum Gasteiger partial charge on any atom is 0.0546 e. The third kappa shape index (κ3) is 4.11. The average molecular weight is 522 g/mol. The Morgan fingerprint density at radius 2 is 0.805 bits per heavy atom. The van der Waals surface area contributed by atoms with Crippen LogP contribution in [0.1, 0.15) is 0 Å². The first kappa shape index (κ1) is 23.5. The lowest BCUT2D eigenvalue weighted by Crippen LogP contribution is -2.10. The fraction of sp³-hybridized carbons (Fsp3) is 0.